The molecule has 3 rings (SSSR count). The van der Waals surface area contributed by atoms with Crippen LogP contribution in [0.25, 0.3) is 6.08 Å². The standard InChI is InChI=1S/C21H18N2O6S/c1-2-28-20(27)14-5-7-15(8-6-14)22-21-23-19(26)17(30-21)11-13-3-9-16(10-4-13)29-12-18(24)25/h3-11H,2,12H2,1H3,(H,24,25)(H,22,23,26)/b17-11+. The van der Waals surface area contributed by atoms with E-state index in [2.05, 4.69) is 10.3 Å². The highest BCUT2D eigenvalue weighted by Crippen LogP contribution is 2.28. The first-order chi connectivity index (χ1) is 14.4. The van der Waals surface area contributed by atoms with Gasteiger partial charge in [0.15, 0.2) is 11.8 Å². The summed E-state index contributed by atoms with van der Waals surface area (Å²) in [4.78, 5) is 39.3. The number of benzene rings is 2. The van der Waals surface area contributed by atoms with Crippen LogP contribution in [-0.2, 0) is 14.3 Å². The first-order valence-corrected chi connectivity index (χ1v) is 9.77. The van der Waals surface area contributed by atoms with Crippen molar-refractivity contribution in [2.45, 2.75) is 6.92 Å². The number of esters is 1. The highest BCUT2D eigenvalue weighted by Gasteiger charge is 2.23. The zero-order valence-electron chi connectivity index (χ0n) is 16.0. The minimum Gasteiger partial charge on any atom is -0.482 e. The lowest BCUT2D eigenvalue weighted by atomic mass is 10.2. The summed E-state index contributed by atoms with van der Waals surface area (Å²) in [5, 5.41) is 11.8. The summed E-state index contributed by atoms with van der Waals surface area (Å²) in [6, 6.07) is 13.3. The molecule has 1 amide bonds. The Morgan fingerprint density at radius 3 is 2.47 bits per heavy atom. The van der Waals surface area contributed by atoms with Gasteiger partial charge < -0.3 is 19.9 Å². The molecule has 0 bridgehead atoms. The van der Waals surface area contributed by atoms with Crippen molar-refractivity contribution in [2.24, 2.45) is 4.99 Å². The average Bonchev–Trinajstić information content (AvgIpc) is 3.06. The number of aliphatic imine (C=N–C) groups is 1. The smallest absolute Gasteiger partial charge is 0.341 e. The van der Waals surface area contributed by atoms with Gasteiger partial charge in [-0.3, -0.25) is 4.79 Å². The van der Waals surface area contributed by atoms with Gasteiger partial charge in [-0.25, -0.2) is 14.6 Å². The van der Waals surface area contributed by atoms with E-state index in [1.807, 2.05) is 0 Å². The highest BCUT2D eigenvalue weighted by molar-refractivity contribution is 8.18. The van der Waals surface area contributed by atoms with Crippen molar-refractivity contribution in [1.82, 2.24) is 5.32 Å². The molecule has 0 atom stereocenters. The minimum atomic E-state index is -1.05. The van der Waals surface area contributed by atoms with Crippen molar-refractivity contribution in [2.75, 3.05) is 13.2 Å². The average molecular weight is 426 g/mol. The Balaban J connectivity index is 1.67. The summed E-state index contributed by atoms with van der Waals surface area (Å²) in [7, 11) is 0. The lowest BCUT2D eigenvalue weighted by Gasteiger charge is -2.03. The molecule has 1 aliphatic rings. The van der Waals surface area contributed by atoms with Crippen LogP contribution in [0.2, 0.25) is 0 Å². The van der Waals surface area contributed by atoms with E-state index in [1.165, 1.54) is 11.8 Å². The number of carboxylic acids is 1. The zero-order chi connectivity index (χ0) is 21.5. The van der Waals surface area contributed by atoms with Crippen LogP contribution in [0.3, 0.4) is 0 Å². The highest BCUT2D eigenvalue weighted by atomic mass is 32.2. The van der Waals surface area contributed by atoms with Gasteiger partial charge >= 0.3 is 11.9 Å². The zero-order valence-corrected chi connectivity index (χ0v) is 16.8. The molecule has 1 aliphatic heterocycles. The third-order valence-electron chi connectivity index (χ3n) is 3.80. The van der Waals surface area contributed by atoms with Crippen LogP contribution in [0.15, 0.2) is 58.4 Å². The molecule has 0 spiro atoms. The second-order valence-electron chi connectivity index (χ2n) is 6.00. The molecule has 8 nitrogen and oxygen atoms in total. The topological polar surface area (TPSA) is 114 Å². The molecule has 2 aromatic carbocycles. The fourth-order valence-electron chi connectivity index (χ4n) is 2.44. The number of carboxylic acid groups (broad SMARTS) is 1. The van der Waals surface area contributed by atoms with E-state index in [9.17, 15) is 14.4 Å². The van der Waals surface area contributed by atoms with Crippen LogP contribution >= 0.6 is 11.8 Å². The first kappa shape index (κ1) is 21.1. The normalized spacial score (nSPS) is 15.8. The van der Waals surface area contributed by atoms with Crippen LogP contribution in [0.1, 0.15) is 22.8 Å². The van der Waals surface area contributed by atoms with Crippen LogP contribution in [0.4, 0.5) is 5.69 Å². The molecule has 0 aliphatic carbocycles. The Morgan fingerprint density at radius 2 is 1.83 bits per heavy atom. The number of nitrogens with zero attached hydrogens (tertiary/aromatic N) is 1. The Bertz CT molecular complexity index is 1010. The quantitative estimate of drug-likeness (QED) is 0.516. The molecule has 1 fully saturated rings. The summed E-state index contributed by atoms with van der Waals surface area (Å²) in [5.41, 5.74) is 1.78. The van der Waals surface area contributed by atoms with Gasteiger partial charge in [-0.2, -0.15) is 0 Å². The predicted molar refractivity (Wildman–Crippen MR) is 113 cm³/mol. The largest absolute Gasteiger partial charge is 0.482 e. The number of hydrogen-bond donors (Lipinski definition) is 2. The molecule has 0 aromatic heterocycles. The van der Waals surface area contributed by atoms with Gasteiger partial charge in [0, 0.05) is 0 Å². The maximum absolute atomic E-state index is 12.2. The monoisotopic (exact) mass is 426 g/mol. The van der Waals surface area contributed by atoms with Crippen molar-refractivity contribution in [1.29, 1.82) is 0 Å². The maximum Gasteiger partial charge on any atom is 0.341 e. The number of carbonyl (C=O) groups excluding carboxylic acids is 2. The Hall–Kier alpha value is -3.59. The van der Waals surface area contributed by atoms with E-state index in [-0.39, 0.29) is 5.91 Å². The SMILES string of the molecule is CCOC(=O)c1ccc(N=C2NC(=O)/C(=C\c3ccc(OCC(=O)O)cc3)S2)cc1. The second kappa shape index (κ2) is 9.75. The van der Waals surface area contributed by atoms with Gasteiger partial charge in [-0.05, 0) is 66.7 Å². The third kappa shape index (κ3) is 5.71. The van der Waals surface area contributed by atoms with Crippen LogP contribution in [0.5, 0.6) is 5.75 Å². The molecule has 30 heavy (non-hydrogen) atoms. The predicted octanol–water partition coefficient (Wildman–Crippen LogP) is 3.22. The number of hydrogen-bond acceptors (Lipinski definition) is 7. The Kier molecular flexibility index (Phi) is 6.87. The molecule has 154 valence electrons. The molecule has 0 radical (unpaired) electrons. The van der Waals surface area contributed by atoms with Gasteiger partial charge in [0.05, 0.1) is 22.8 Å². The summed E-state index contributed by atoms with van der Waals surface area (Å²) in [5.74, 6) is -1.29. The molecule has 0 unspecified atom stereocenters. The summed E-state index contributed by atoms with van der Waals surface area (Å²) < 4.78 is 10.0. The lowest BCUT2D eigenvalue weighted by Crippen LogP contribution is -2.19. The minimum absolute atomic E-state index is 0.270. The molecule has 1 heterocycles. The number of aliphatic carboxylic acids is 1. The van der Waals surface area contributed by atoms with Crippen LogP contribution in [0, 0.1) is 0 Å². The van der Waals surface area contributed by atoms with Gasteiger partial charge in [-0.1, -0.05) is 12.1 Å². The molecule has 1 saturated heterocycles. The number of nitrogens with one attached hydrogen (secondary N) is 1. The van der Waals surface area contributed by atoms with Gasteiger partial charge in [-0.15, -0.1) is 0 Å². The van der Waals surface area contributed by atoms with E-state index < -0.39 is 18.5 Å². The fourth-order valence-corrected chi connectivity index (χ4v) is 3.28. The Morgan fingerprint density at radius 1 is 1.13 bits per heavy atom. The number of rotatable bonds is 7. The van der Waals surface area contributed by atoms with Gasteiger partial charge in [0.2, 0.25) is 0 Å². The number of amidine groups is 1. The van der Waals surface area contributed by atoms with Crippen molar-refractivity contribution >= 4 is 46.5 Å². The van der Waals surface area contributed by atoms with Gasteiger partial charge in [0.25, 0.3) is 5.91 Å². The molecule has 9 heteroatoms. The van der Waals surface area contributed by atoms with Crippen LogP contribution < -0.4 is 10.1 Å². The third-order valence-corrected chi connectivity index (χ3v) is 4.71. The second-order valence-corrected chi connectivity index (χ2v) is 7.03. The fraction of sp³-hybridized carbons (Fsp3) is 0.143. The molecule has 0 saturated carbocycles. The number of carbonyl (C=O) groups is 3. The summed E-state index contributed by atoms with van der Waals surface area (Å²) >= 11 is 1.20. The summed E-state index contributed by atoms with van der Waals surface area (Å²) in [6.07, 6.45) is 1.70. The number of amides is 1. The van der Waals surface area contributed by atoms with Crippen molar-refractivity contribution in [3.05, 3.63) is 64.6 Å². The van der Waals surface area contributed by atoms with E-state index in [0.29, 0.717) is 33.7 Å². The van der Waals surface area contributed by atoms with Crippen molar-refractivity contribution in [3.8, 4) is 5.75 Å². The van der Waals surface area contributed by atoms with E-state index in [0.717, 1.165) is 5.56 Å². The first-order valence-electron chi connectivity index (χ1n) is 8.96. The van der Waals surface area contributed by atoms with Crippen LogP contribution in [-0.4, -0.2) is 41.3 Å². The lowest BCUT2D eigenvalue weighted by molar-refractivity contribution is -0.139. The molecular formula is C21H18N2O6S. The van der Waals surface area contributed by atoms with E-state index in [4.69, 9.17) is 14.6 Å². The molecular weight excluding hydrogens is 408 g/mol. The Labute approximate surface area is 176 Å². The summed E-state index contributed by atoms with van der Waals surface area (Å²) in [6.45, 7) is 1.63. The van der Waals surface area contributed by atoms with Gasteiger partial charge in [0.1, 0.15) is 5.75 Å². The number of ether oxygens (including phenoxy) is 2. The number of thioether (sulfide) groups is 1. The maximum atomic E-state index is 12.2. The molecule has 2 N–H and O–H groups in total. The van der Waals surface area contributed by atoms with Crippen molar-refractivity contribution in [3.63, 3.8) is 0 Å². The van der Waals surface area contributed by atoms with E-state index in [1.54, 1.807) is 61.5 Å². The van der Waals surface area contributed by atoms with E-state index >= 15 is 0 Å². The molecule has 2 aromatic rings. The van der Waals surface area contributed by atoms with Crippen molar-refractivity contribution < 1.29 is 29.0 Å².